The van der Waals surface area contributed by atoms with Gasteiger partial charge < -0.3 is 9.73 Å². The highest BCUT2D eigenvalue weighted by atomic mass is 16.3. The number of rotatable bonds is 5. The first-order valence-corrected chi connectivity index (χ1v) is 16.3. The molecule has 4 heteroatoms. The summed E-state index contributed by atoms with van der Waals surface area (Å²) in [5.41, 5.74) is 12.6. The number of aryl methyl sites for hydroxylation is 1. The third-order valence-electron chi connectivity index (χ3n) is 9.47. The van der Waals surface area contributed by atoms with Gasteiger partial charge in [0.25, 0.3) is 0 Å². The lowest BCUT2D eigenvalue weighted by Gasteiger charge is -2.32. The Balaban J connectivity index is 1.13. The molecule has 1 aromatic heterocycles. The summed E-state index contributed by atoms with van der Waals surface area (Å²) in [7, 11) is 0. The Bertz CT molecular complexity index is 2300. The van der Waals surface area contributed by atoms with E-state index in [9.17, 15) is 0 Å². The standard InChI is InChI=1S/C43H33N3O/c1-3-13-31(14-4-1)41-44-42(32-15-5-2-6-16-32)46-43(45-41)37-22-10-21-36-39-35(20-11-23-38(39)47-40(36)37)30-26-24-29(25-27-30)34-19-9-17-28-12-7-8-18-33(28)34/h1-8,10-16,18-27,41-42,44H,9,17H2,(H,45,46). The molecule has 0 amide bonds. The van der Waals surface area contributed by atoms with Crippen LogP contribution < -0.4 is 10.6 Å². The minimum atomic E-state index is -0.211. The zero-order chi connectivity index (χ0) is 31.2. The Morgan fingerprint density at radius 1 is 0.596 bits per heavy atom. The number of amidine groups is 1. The summed E-state index contributed by atoms with van der Waals surface area (Å²) in [6.45, 7) is 0. The van der Waals surface area contributed by atoms with Crippen LogP contribution in [0.1, 0.15) is 52.1 Å². The van der Waals surface area contributed by atoms with Crippen LogP contribution >= 0.6 is 0 Å². The lowest BCUT2D eigenvalue weighted by molar-refractivity contribution is 0.409. The van der Waals surface area contributed by atoms with E-state index >= 15 is 0 Å². The van der Waals surface area contributed by atoms with Crippen molar-refractivity contribution in [1.29, 1.82) is 0 Å². The molecule has 1 aliphatic carbocycles. The van der Waals surface area contributed by atoms with Crippen molar-refractivity contribution in [2.75, 3.05) is 0 Å². The van der Waals surface area contributed by atoms with E-state index in [1.54, 1.807) is 0 Å². The van der Waals surface area contributed by atoms with E-state index in [0.717, 1.165) is 62.9 Å². The first-order chi connectivity index (χ1) is 23.3. The van der Waals surface area contributed by atoms with Gasteiger partial charge in [-0.1, -0.05) is 140 Å². The number of fused-ring (bicyclic) bond motifs is 4. The normalized spacial score (nSPS) is 17.5. The molecular weight excluding hydrogens is 574 g/mol. The number of aliphatic imine (C=N–C) groups is 1. The smallest absolute Gasteiger partial charge is 0.146 e. The van der Waals surface area contributed by atoms with Crippen molar-refractivity contribution < 1.29 is 4.42 Å². The van der Waals surface area contributed by atoms with Gasteiger partial charge in [0.05, 0.1) is 5.56 Å². The minimum absolute atomic E-state index is 0.117. The maximum atomic E-state index is 6.69. The molecule has 0 radical (unpaired) electrons. The highest BCUT2D eigenvalue weighted by Gasteiger charge is 2.27. The van der Waals surface area contributed by atoms with Crippen LogP contribution in [0.2, 0.25) is 0 Å². The Morgan fingerprint density at radius 3 is 2.11 bits per heavy atom. The number of allylic oxidation sites excluding steroid dienone is 1. The number of para-hydroxylation sites is 1. The van der Waals surface area contributed by atoms with Crippen LogP contribution in [0.25, 0.3) is 38.6 Å². The lowest BCUT2D eigenvalue weighted by Crippen LogP contribution is -2.45. The van der Waals surface area contributed by atoms with Crippen molar-refractivity contribution in [3.05, 3.63) is 185 Å². The van der Waals surface area contributed by atoms with Gasteiger partial charge in [-0.2, -0.15) is 0 Å². The second kappa shape index (κ2) is 11.6. The van der Waals surface area contributed by atoms with Crippen molar-refractivity contribution >= 4 is 33.3 Å². The molecule has 4 nitrogen and oxygen atoms in total. The average Bonchev–Trinajstić information content (AvgIpc) is 3.55. The third-order valence-corrected chi connectivity index (χ3v) is 9.47. The van der Waals surface area contributed by atoms with E-state index < -0.39 is 0 Å². The Hall–Kier alpha value is -5.71. The van der Waals surface area contributed by atoms with Crippen molar-refractivity contribution in [3.63, 3.8) is 0 Å². The number of nitrogens with zero attached hydrogens (tertiary/aromatic N) is 1. The van der Waals surface area contributed by atoms with Gasteiger partial charge in [-0.15, -0.1) is 0 Å². The average molecular weight is 608 g/mol. The van der Waals surface area contributed by atoms with Crippen LogP contribution in [0.5, 0.6) is 0 Å². The molecule has 0 bridgehead atoms. The summed E-state index contributed by atoms with van der Waals surface area (Å²) < 4.78 is 6.69. The predicted molar refractivity (Wildman–Crippen MR) is 192 cm³/mol. The third kappa shape index (κ3) is 4.95. The lowest BCUT2D eigenvalue weighted by atomic mass is 9.86. The topological polar surface area (TPSA) is 49.6 Å². The summed E-state index contributed by atoms with van der Waals surface area (Å²) in [5.74, 6) is 0.808. The predicted octanol–water partition coefficient (Wildman–Crippen LogP) is 9.97. The highest BCUT2D eigenvalue weighted by Crippen LogP contribution is 2.39. The molecule has 7 aromatic rings. The van der Waals surface area contributed by atoms with Gasteiger partial charge in [-0.05, 0) is 69.5 Å². The minimum Gasteiger partial charge on any atom is -0.455 e. The zero-order valence-corrected chi connectivity index (χ0v) is 25.9. The van der Waals surface area contributed by atoms with Crippen molar-refractivity contribution in [2.45, 2.75) is 25.2 Å². The number of hydrogen-bond acceptors (Lipinski definition) is 4. The molecule has 226 valence electrons. The van der Waals surface area contributed by atoms with Gasteiger partial charge in [-0.3, -0.25) is 5.32 Å². The van der Waals surface area contributed by atoms with Gasteiger partial charge in [0.2, 0.25) is 0 Å². The summed E-state index contributed by atoms with van der Waals surface area (Å²) in [5, 5.41) is 9.58. The van der Waals surface area contributed by atoms with Crippen LogP contribution in [-0.2, 0) is 6.42 Å². The van der Waals surface area contributed by atoms with Crippen LogP contribution in [0.4, 0.5) is 0 Å². The number of furan rings is 1. The van der Waals surface area contributed by atoms with E-state index in [0.29, 0.717) is 0 Å². The SMILES string of the molecule is C1=C(c2ccc(-c3cccc4oc5c(C6=NC(c7ccccc7)NC(c7ccccc7)N6)cccc5c34)cc2)c2ccccc2CC1. The summed E-state index contributed by atoms with van der Waals surface area (Å²) in [6.07, 6.45) is 4.23. The molecule has 0 saturated heterocycles. The molecule has 0 spiro atoms. The van der Waals surface area contributed by atoms with Gasteiger partial charge in [0.15, 0.2) is 0 Å². The quantitative estimate of drug-likeness (QED) is 0.205. The van der Waals surface area contributed by atoms with E-state index in [-0.39, 0.29) is 12.3 Å². The fraction of sp³-hybridized carbons (Fsp3) is 0.0930. The molecule has 2 unspecified atom stereocenters. The molecule has 9 rings (SSSR count). The maximum absolute atomic E-state index is 6.69. The number of nitrogens with one attached hydrogen (secondary N) is 2. The van der Waals surface area contributed by atoms with Crippen molar-refractivity contribution in [1.82, 2.24) is 10.6 Å². The fourth-order valence-corrected chi connectivity index (χ4v) is 7.18. The second-order valence-corrected chi connectivity index (χ2v) is 12.3. The molecule has 47 heavy (non-hydrogen) atoms. The summed E-state index contributed by atoms with van der Waals surface area (Å²) in [6, 6.07) is 51.4. The first-order valence-electron chi connectivity index (χ1n) is 16.3. The largest absolute Gasteiger partial charge is 0.455 e. The number of benzene rings is 6. The van der Waals surface area contributed by atoms with Gasteiger partial charge in [0.1, 0.15) is 29.3 Å². The molecule has 6 aromatic carbocycles. The van der Waals surface area contributed by atoms with E-state index in [1.165, 1.54) is 27.8 Å². The zero-order valence-electron chi connectivity index (χ0n) is 25.9. The Morgan fingerprint density at radius 2 is 1.28 bits per heavy atom. The molecule has 2 heterocycles. The summed E-state index contributed by atoms with van der Waals surface area (Å²) >= 11 is 0. The molecular formula is C43H33N3O. The number of hydrogen-bond donors (Lipinski definition) is 2. The van der Waals surface area contributed by atoms with Gasteiger partial charge in [-0.25, -0.2) is 4.99 Å². The van der Waals surface area contributed by atoms with Crippen LogP contribution in [0.3, 0.4) is 0 Å². The van der Waals surface area contributed by atoms with E-state index in [1.807, 2.05) is 12.1 Å². The molecule has 0 fully saturated rings. The van der Waals surface area contributed by atoms with Crippen molar-refractivity contribution in [2.24, 2.45) is 4.99 Å². The Kier molecular flexibility index (Phi) is 6.80. The van der Waals surface area contributed by atoms with Gasteiger partial charge >= 0.3 is 0 Å². The van der Waals surface area contributed by atoms with E-state index in [2.05, 4.69) is 150 Å². The maximum Gasteiger partial charge on any atom is 0.146 e. The Labute approximate surface area is 274 Å². The van der Waals surface area contributed by atoms with Crippen molar-refractivity contribution in [3.8, 4) is 11.1 Å². The summed E-state index contributed by atoms with van der Waals surface area (Å²) in [4.78, 5) is 5.20. The molecule has 0 saturated carbocycles. The monoisotopic (exact) mass is 607 g/mol. The van der Waals surface area contributed by atoms with Crippen LogP contribution in [0.15, 0.2) is 161 Å². The van der Waals surface area contributed by atoms with E-state index in [4.69, 9.17) is 9.41 Å². The fourth-order valence-electron chi connectivity index (χ4n) is 7.18. The highest BCUT2D eigenvalue weighted by molar-refractivity contribution is 6.18. The molecule has 2 atom stereocenters. The van der Waals surface area contributed by atoms with Gasteiger partial charge in [0, 0.05) is 10.8 Å². The molecule has 1 aliphatic heterocycles. The second-order valence-electron chi connectivity index (χ2n) is 12.3. The molecule has 2 aliphatic rings. The van der Waals surface area contributed by atoms with Crippen LogP contribution in [-0.4, -0.2) is 5.84 Å². The first kappa shape index (κ1) is 27.6. The van der Waals surface area contributed by atoms with Crippen LogP contribution in [0, 0.1) is 0 Å². The molecule has 2 N–H and O–H groups in total.